The number of hydrogen-bond donors (Lipinski definition) is 1. The molecule has 204 valence electrons. The fourth-order valence-electron chi connectivity index (χ4n) is 5.74. The summed E-state index contributed by atoms with van der Waals surface area (Å²) < 4.78 is 24.4. The first-order valence-corrected chi connectivity index (χ1v) is 13.0. The Morgan fingerprint density at radius 2 is 1.73 bits per heavy atom. The first-order valence-electron chi connectivity index (χ1n) is 13.0. The van der Waals surface area contributed by atoms with Crippen LogP contribution in [0.25, 0.3) is 27.9 Å². The number of esters is 1. The average Bonchev–Trinajstić information content (AvgIpc) is 3.46. The number of H-pyrrole nitrogens is 1. The fourth-order valence-corrected chi connectivity index (χ4v) is 5.74. The van der Waals surface area contributed by atoms with Gasteiger partial charge in [0, 0.05) is 52.8 Å². The van der Waals surface area contributed by atoms with Crippen molar-refractivity contribution in [3.63, 3.8) is 0 Å². The number of ketones is 1. The summed E-state index contributed by atoms with van der Waals surface area (Å²) >= 11 is 0. The molecule has 0 fully saturated rings. The molecule has 2 aliphatic heterocycles. The molecule has 0 aliphatic carbocycles. The van der Waals surface area contributed by atoms with Crippen molar-refractivity contribution in [1.82, 2.24) is 9.55 Å². The van der Waals surface area contributed by atoms with Crippen LogP contribution in [0.4, 0.5) is 0 Å². The van der Waals surface area contributed by atoms with Gasteiger partial charge in [0.25, 0.3) is 5.56 Å². The number of aromatic amines is 1. The third kappa shape index (κ3) is 3.88. The highest BCUT2D eigenvalue weighted by atomic mass is 16.5. The highest BCUT2D eigenvalue weighted by Crippen LogP contribution is 2.48. The van der Waals surface area contributed by atoms with Crippen LogP contribution in [-0.4, -0.2) is 35.5 Å². The van der Waals surface area contributed by atoms with Crippen molar-refractivity contribution in [2.45, 2.75) is 12.3 Å². The van der Waals surface area contributed by atoms with E-state index in [0.29, 0.717) is 39.5 Å². The summed E-state index contributed by atoms with van der Waals surface area (Å²) in [6.45, 7) is 0. The van der Waals surface area contributed by atoms with Crippen molar-refractivity contribution in [2.24, 2.45) is 7.05 Å². The molecule has 3 aromatic carbocycles. The van der Waals surface area contributed by atoms with Gasteiger partial charge in [-0.15, -0.1) is 0 Å². The van der Waals surface area contributed by atoms with Gasteiger partial charge in [-0.3, -0.25) is 14.4 Å². The predicted molar refractivity (Wildman–Crippen MR) is 152 cm³/mol. The summed E-state index contributed by atoms with van der Waals surface area (Å²) in [7, 11) is 5.08. The van der Waals surface area contributed by atoms with Crippen molar-refractivity contribution in [3.05, 3.63) is 99.2 Å². The van der Waals surface area contributed by atoms with Gasteiger partial charge in [-0.2, -0.15) is 0 Å². The Morgan fingerprint density at radius 1 is 0.951 bits per heavy atom. The summed E-state index contributed by atoms with van der Waals surface area (Å²) in [5.41, 5.74) is 3.24. The number of aromatic nitrogens is 2. The van der Waals surface area contributed by atoms with Crippen LogP contribution in [0.2, 0.25) is 0 Å². The molecule has 0 spiro atoms. The zero-order valence-corrected chi connectivity index (χ0v) is 22.4. The standard InChI is InChI=1S/C32H24N2O7/c1-34-15-17(21-12-18(38-2)6-8-25(21)34)11-27-30(36)20-7-9-26-29(31(20)41-27)22(14-28(35)40-26)23-10-16-4-5-19(39-3)13-24(16)33-32(23)37/h4-13,15,22H,14H2,1-3H3,(H,33,37)/b27-11-/t22-/m1/s1. The summed E-state index contributed by atoms with van der Waals surface area (Å²) in [5.74, 6) is 0.569. The molecule has 0 bridgehead atoms. The minimum atomic E-state index is -0.676. The molecule has 0 saturated carbocycles. The van der Waals surface area contributed by atoms with Gasteiger partial charge in [0.1, 0.15) is 23.0 Å². The molecule has 9 nitrogen and oxygen atoms in total. The molecule has 2 aromatic heterocycles. The normalized spacial score (nSPS) is 17.0. The van der Waals surface area contributed by atoms with Crippen LogP contribution in [0.15, 0.2) is 71.3 Å². The smallest absolute Gasteiger partial charge is 0.312 e. The number of rotatable bonds is 4. The number of hydrogen-bond acceptors (Lipinski definition) is 7. The molecule has 1 N–H and O–H groups in total. The van der Waals surface area contributed by atoms with E-state index in [-0.39, 0.29) is 29.3 Å². The van der Waals surface area contributed by atoms with Crippen molar-refractivity contribution < 1.29 is 28.5 Å². The second-order valence-corrected chi connectivity index (χ2v) is 10.1. The Labute approximate surface area is 233 Å². The van der Waals surface area contributed by atoms with Crippen LogP contribution in [0.1, 0.15) is 39.4 Å². The van der Waals surface area contributed by atoms with E-state index in [1.807, 2.05) is 42.1 Å². The van der Waals surface area contributed by atoms with Crippen LogP contribution >= 0.6 is 0 Å². The van der Waals surface area contributed by atoms with Gasteiger partial charge < -0.3 is 28.5 Å². The lowest BCUT2D eigenvalue weighted by atomic mass is 9.85. The van der Waals surface area contributed by atoms with Gasteiger partial charge in [0.15, 0.2) is 5.76 Å². The number of benzene rings is 3. The number of ether oxygens (including phenoxy) is 4. The number of methoxy groups -OCH3 is 2. The molecule has 9 heteroatoms. The number of Topliss-reactive ketones (excluding diaryl/α,β-unsaturated/α-hetero) is 1. The van der Waals surface area contributed by atoms with Crippen LogP contribution < -0.4 is 24.5 Å². The lowest BCUT2D eigenvalue weighted by molar-refractivity contribution is -0.135. The van der Waals surface area contributed by atoms with E-state index in [2.05, 4.69) is 4.98 Å². The van der Waals surface area contributed by atoms with E-state index >= 15 is 0 Å². The van der Waals surface area contributed by atoms with Gasteiger partial charge in [-0.1, -0.05) is 0 Å². The van der Waals surface area contributed by atoms with Gasteiger partial charge in [0.2, 0.25) is 5.78 Å². The molecule has 5 aromatic rings. The minimum absolute atomic E-state index is 0.0755. The minimum Gasteiger partial charge on any atom is -0.497 e. The van der Waals surface area contributed by atoms with E-state index in [0.717, 1.165) is 21.9 Å². The Hall–Kier alpha value is -5.31. The summed E-state index contributed by atoms with van der Waals surface area (Å²) in [6, 6.07) is 16.1. The Morgan fingerprint density at radius 3 is 2.54 bits per heavy atom. The maximum Gasteiger partial charge on any atom is 0.312 e. The second-order valence-electron chi connectivity index (χ2n) is 10.1. The molecule has 0 saturated heterocycles. The number of carbonyl (C=O) groups is 2. The average molecular weight is 549 g/mol. The van der Waals surface area contributed by atoms with Crippen LogP contribution in [0.5, 0.6) is 23.0 Å². The lowest BCUT2D eigenvalue weighted by Crippen LogP contribution is -2.26. The molecule has 0 amide bonds. The van der Waals surface area contributed by atoms with Crippen LogP contribution in [0, 0.1) is 0 Å². The molecule has 2 aliphatic rings. The Balaban J connectivity index is 1.35. The summed E-state index contributed by atoms with van der Waals surface area (Å²) in [4.78, 5) is 42.4. The summed E-state index contributed by atoms with van der Waals surface area (Å²) in [5, 5.41) is 1.68. The monoisotopic (exact) mass is 548 g/mol. The first kappa shape index (κ1) is 24.7. The SMILES string of the molecule is COc1ccc2cc([C@H]3CC(=O)Oc4ccc5c(c43)O/C(=C\c3cn(C)c4ccc(OC)cc34)C5=O)c(=O)[nH]c2c1. The van der Waals surface area contributed by atoms with E-state index in [1.54, 1.807) is 50.6 Å². The van der Waals surface area contributed by atoms with Crippen LogP contribution in [0.3, 0.4) is 0 Å². The van der Waals surface area contributed by atoms with Crippen molar-refractivity contribution in [1.29, 1.82) is 0 Å². The zero-order valence-electron chi connectivity index (χ0n) is 22.4. The Kier molecular flexibility index (Phi) is 5.50. The number of nitrogens with one attached hydrogen (secondary N) is 1. The molecule has 4 heterocycles. The lowest BCUT2D eigenvalue weighted by Gasteiger charge is -2.26. The van der Waals surface area contributed by atoms with E-state index in [9.17, 15) is 14.4 Å². The molecular formula is C32H24N2O7. The first-order chi connectivity index (χ1) is 19.8. The summed E-state index contributed by atoms with van der Waals surface area (Å²) in [6.07, 6.45) is 3.55. The quantitative estimate of drug-likeness (QED) is 0.189. The van der Waals surface area contributed by atoms with Gasteiger partial charge >= 0.3 is 5.97 Å². The molecule has 7 rings (SSSR count). The van der Waals surface area contributed by atoms with Gasteiger partial charge in [-0.25, -0.2) is 0 Å². The highest BCUT2D eigenvalue weighted by molar-refractivity contribution is 6.16. The number of pyridine rings is 1. The van der Waals surface area contributed by atoms with Gasteiger partial charge in [0.05, 0.1) is 31.7 Å². The van der Waals surface area contributed by atoms with E-state index in [1.165, 1.54) is 0 Å². The van der Waals surface area contributed by atoms with Crippen molar-refractivity contribution in [2.75, 3.05) is 14.2 Å². The topological polar surface area (TPSA) is 109 Å². The maximum absolute atomic E-state index is 13.6. The van der Waals surface area contributed by atoms with Crippen molar-refractivity contribution in [3.8, 4) is 23.0 Å². The number of fused-ring (bicyclic) bond motifs is 5. The molecule has 1 atom stereocenters. The van der Waals surface area contributed by atoms with Crippen molar-refractivity contribution >= 4 is 39.6 Å². The molecule has 0 radical (unpaired) electrons. The number of nitrogens with zero attached hydrogens (tertiary/aromatic N) is 1. The highest BCUT2D eigenvalue weighted by Gasteiger charge is 2.39. The number of carbonyl (C=O) groups excluding carboxylic acids is 2. The van der Waals surface area contributed by atoms with Crippen LogP contribution in [-0.2, 0) is 11.8 Å². The number of aryl methyl sites for hydroxylation is 1. The zero-order chi connectivity index (χ0) is 28.4. The third-order valence-corrected chi connectivity index (χ3v) is 7.75. The molecular weight excluding hydrogens is 524 g/mol. The fraction of sp³-hybridized carbons (Fsp3) is 0.156. The Bertz CT molecular complexity index is 2030. The largest absolute Gasteiger partial charge is 0.497 e. The second kappa shape index (κ2) is 9.12. The van der Waals surface area contributed by atoms with E-state index < -0.39 is 11.9 Å². The predicted octanol–water partition coefficient (Wildman–Crippen LogP) is 5.09. The molecule has 41 heavy (non-hydrogen) atoms. The maximum atomic E-state index is 13.6. The third-order valence-electron chi connectivity index (χ3n) is 7.75. The number of allylic oxidation sites excluding steroid dienone is 1. The van der Waals surface area contributed by atoms with E-state index in [4.69, 9.17) is 18.9 Å². The van der Waals surface area contributed by atoms with Gasteiger partial charge in [-0.05, 0) is 60.0 Å². The molecule has 0 unspecified atom stereocenters.